The zero-order valence-corrected chi connectivity index (χ0v) is 15.2. The summed E-state index contributed by atoms with van der Waals surface area (Å²) in [7, 11) is 0. The van der Waals surface area contributed by atoms with Crippen molar-refractivity contribution < 1.29 is 0 Å². The molecule has 0 aliphatic carbocycles. The molecule has 0 saturated carbocycles. The fraction of sp³-hybridized carbons (Fsp3) is 0.750. The highest BCUT2D eigenvalue weighted by molar-refractivity contribution is 9.10. The summed E-state index contributed by atoms with van der Waals surface area (Å²) in [4.78, 5) is 6.74. The molecule has 2 aliphatic rings. The van der Waals surface area contributed by atoms with Crippen molar-refractivity contribution in [1.29, 1.82) is 0 Å². The van der Waals surface area contributed by atoms with Gasteiger partial charge in [0.1, 0.15) is 0 Å². The minimum absolute atomic E-state index is 0.230. The molecule has 0 radical (unpaired) electrons. The van der Waals surface area contributed by atoms with Gasteiger partial charge < -0.3 is 5.73 Å². The summed E-state index contributed by atoms with van der Waals surface area (Å²) in [6, 6.07) is 3.63. The van der Waals surface area contributed by atoms with Crippen molar-refractivity contribution in [3.8, 4) is 0 Å². The van der Waals surface area contributed by atoms with Crippen LogP contribution in [-0.2, 0) is 0 Å². The molecular weight excluding hydrogens is 346 g/mol. The predicted molar refractivity (Wildman–Crippen MR) is 93.8 cm³/mol. The van der Waals surface area contributed by atoms with Gasteiger partial charge in [-0.15, -0.1) is 11.3 Å². The number of halogens is 1. The van der Waals surface area contributed by atoms with Crippen molar-refractivity contribution in [3.05, 3.63) is 20.8 Å². The van der Waals surface area contributed by atoms with Gasteiger partial charge in [-0.1, -0.05) is 6.92 Å². The Morgan fingerprint density at radius 1 is 1.38 bits per heavy atom. The Morgan fingerprint density at radius 3 is 2.76 bits per heavy atom. The standard InChI is InChI=1S/C16H26BrN3S/c1-2-14(18)16(15-9-12(17)11-21-15)20-8-5-13(10-20)19-6-3-4-7-19/h9,11,13-14,16H,2-8,10,18H2,1H3. The van der Waals surface area contributed by atoms with Gasteiger partial charge in [-0.05, 0) is 60.8 Å². The van der Waals surface area contributed by atoms with E-state index in [1.807, 2.05) is 11.3 Å². The van der Waals surface area contributed by atoms with E-state index in [0.29, 0.717) is 6.04 Å². The highest BCUT2D eigenvalue weighted by atomic mass is 79.9. The average Bonchev–Trinajstić information content (AvgIpc) is 3.19. The smallest absolute Gasteiger partial charge is 0.0594 e. The zero-order valence-electron chi connectivity index (χ0n) is 12.8. The number of hydrogen-bond donors (Lipinski definition) is 1. The number of rotatable bonds is 5. The largest absolute Gasteiger partial charge is 0.326 e. The number of nitrogens with zero attached hydrogens (tertiary/aromatic N) is 2. The minimum Gasteiger partial charge on any atom is -0.326 e. The van der Waals surface area contributed by atoms with Crippen molar-refractivity contribution in [3.63, 3.8) is 0 Å². The van der Waals surface area contributed by atoms with Crippen LogP contribution in [0.5, 0.6) is 0 Å². The van der Waals surface area contributed by atoms with E-state index in [4.69, 9.17) is 5.73 Å². The monoisotopic (exact) mass is 371 g/mol. The van der Waals surface area contributed by atoms with Crippen molar-refractivity contribution in [2.24, 2.45) is 5.73 Å². The number of nitrogens with two attached hydrogens (primary N) is 1. The molecule has 0 bridgehead atoms. The predicted octanol–water partition coefficient (Wildman–Crippen LogP) is 3.46. The lowest BCUT2D eigenvalue weighted by Gasteiger charge is -2.32. The van der Waals surface area contributed by atoms with Crippen molar-refractivity contribution in [2.45, 2.75) is 50.7 Å². The van der Waals surface area contributed by atoms with Crippen LogP contribution in [-0.4, -0.2) is 48.1 Å². The van der Waals surface area contributed by atoms with Gasteiger partial charge in [0.25, 0.3) is 0 Å². The lowest BCUT2D eigenvalue weighted by molar-refractivity contribution is 0.182. The summed E-state index contributed by atoms with van der Waals surface area (Å²) in [5.41, 5.74) is 6.47. The maximum absolute atomic E-state index is 6.47. The van der Waals surface area contributed by atoms with E-state index >= 15 is 0 Å². The maximum Gasteiger partial charge on any atom is 0.0594 e. The fourth-order valence-corrected chi connectivity index (χ4v) is 5.45. The van der Waals surface area contributed by atoms with E-state index in [-0.39, 0.29) is 6.04 Å². The Bertz CT molecular complexity index is 458. The first-order valence-electron chi connectivity index (χ1n) is 8.16. The Morgan fingerprint density at radius 2 is 2.14 bits per heavy atom. The molecule has 1 aromatic rings. The Balaban J connectivity index is 1.72. The molecule has 3 nitrogen and oxygen atoms in total. The normalized spacial score (nSPS) is 27.3. The third kappa shape index (κ3) is 3.53. The molecule has 0 spiro atoms. The molecule has 0 aromatic carbocycles. The second-order valence-corrected chi connectivity index (χ2v) is 8.22. The molecule has 2 aliphatic heterocycles. The molecule has 3 atom stereocenters. The average molecular weight is 372 g/mol. The van der Waals surface area contributed by atoms with Gasteiger partial charge in [0.15, 0.2) is 0 Å². The lowest BCUT2D eigenvalue weighted by Crippen LogP contribution is -2.41. The molecule has 1 aromatic heterocycles. The summed E-state index contributed by atoms with van der Waals surface area (Å²) in [6.07, 6.45) is 5.10. The van der Waals surface area contributed by atoms with Gasteiger partial charge in [0.05, 0.1) is 6.04 Å². The van der Waals surface area contributed by atoms with Crippen LogP contribution >= 0.6 is 27.3 Å². The second kappa shape index (κ2) is 7.09. The van der Waals surface area contributed by atoms with E-state index in [1.54, 1.807) is 0 Å². The Hall–Kier alpha value is 0.0600. The lowest BCUT2D eigenvalue weighted by atomic mass is 10.0. The maximum atomic E-state index is 6.47. The third-order valence-electron chi connectivity index (χ3n) is 5.00. The van der Waals surface area contributed by atoms with Crippen LogP contribution in [0.15, 0.2) is 15.9 Å². The molecule has 3 unspecified atom stereocenters. The summed E-state index contributed by atoms with van der Waals surface area (Å²) >= 11 is 5.43. The minimum atomic E-state index is 0.230. The van der Waals surface area contributed by atoms with Gasteiger partial charge in [-0.2, -0.15) is 0 Å². The molecule has 2 N–H and O–H groups in total. The van der Waals surface area contributed by atoms with Gasteiger partial charge in [0.2, 0.25) is 0 Å². The summed E-state index contributed by atoms with van der Waals surface area (Å²) in [5, 5.41) is 2.18. The Kier molecular flexibility index (Phi) is 5.38. The van der Waals surface area contributed by atoms with Gasteiger partial charge in [-0.25, -0.2) is 0 Å². The number of thiophene rings is 1. The first-order valence-corrected chi connectivity index (χ1v) is 9.84. The SMILES string of the molecule is CCC(N)C(c1cc(Br)cs1)N1CCC(N2CCCC2)C1. The number of hydrogen-bond acceptors (Lipinski definition) is 4. The molecule has 5 heteroatoms. The van der Waals surface area contributed by atoms with Gasteiger partial charge in [0, 0.05) is 39.9 Å². The second-order valence-electron chi connectivity index (χ2n) is 6.36. The van der Waals surface area contributed by atoms with Gasteiger partial charge in [-0.3, -0.25) is 9.80 Å². The topological polar surface area (TPSA) is 32.5 Å². The zero-order chi connectivity index (χ0) is 14.8. The summed E-state index contributed by atoms with van der Waals surface area (Å²) < 4.78 is 1.19. The van der Waals surface area contributed by atoms with E-state index in [2.05, 4.69) is 44.1 Å². The van der Waals surface area contributed by atoms with Crippen LogP contribution < -0.4 is 5.73 Å². The molecule has 3 heterocycles. The molecule has 21 heavy (non-hydrogen) atoms. The van der Waals surface area contributed by atoms with Gasteiger partial charge >= 0.3 is 0 Å². The van der Waals surface area contributed by atoms with Crippen LogP contribution in [0.3, 0.4) is 0 Å². The molecule has 3 rings (SSSR count). The van der Waals surface area contributed by atoms with Crippen LogP contribution in [0.1, 0.15) is 43.5 Å². The quantitative estimate of drug-likeness (QED) is 0.859. The van der Waals surface area contributed by atoms with Crippen molar-refractivity contribution >= 4 is 27.3 Å². The van der Waals surface area contributed by atoms with Crippen LogP contribution in [0.2, 0.25) is 0 Å². The van der Waals surface area contributed by atoms with E-state index in [9.17, 15) is 0 Å². The molecule has 2 saturated heterocycles. The van der Waals surface area contributed by atoms with Crippen molar-refractivity contribution in [1.82, 2.24) is 9.80 Å². The Labute approximate surface area is 140 Å². The third-order valence-corrected chi connectivity index (χ3v) is 6.77. The molecular formula is C16H26BrN3S. The summed E-state index contributed by atoms with van der Waals surface area (Å²) in [5.74, 6) is 0. The van der Waals surface area contributed by atoms with Crippen molar-refractivity contribution in [2.75, 3.05) is 26.2 Å². The van der Waals surface area contributed by atoms with E-state index < -0.39 is 0 Å². The van der Waals surface area contributed by atoms with Crippen LogP contribution in [0.4, 0.5) is 0 Å². The fourth-order valence-electron chi connectivity index (χ4n) is 3.79. The first-order chi connectivity index (χ1) is 10.2. The molecule has 118 valence electrons. The molecule has 0 amide bonds. The first kappa shape index (κ1) is 15.9. The van der Waals surface area contributed by atoms with E-state index in [1.165, 1.54) is 54.8 Å². The van der Waals surface area contributed by atoms with Crippen LogP contribution in [0, 0.1) is 0 Å². The van der Waals surface area contributed by atoms with Crippen LogP contribution in [0.25, 0.3) is 0 Å². The highest BCUT2D eigenvalue weighted by Gasteiger charge is 2.35. The summed E-state index contributed by atoms with van der Waals surface area (Å²) in [6.45, 7) is 7.18. The van der Waals surface area contributed by atoms with E-state index in [0.717, 1.165) is 12.5 Å². The molecule has 2 fully saturated rings. The number of likely N-dealkylation sites (tertiary alicyclic amines) is 2. The highest BCUT2D eigenvalue weighted by Crippen LogP contribution is 2.35.